The third-order valence-electron chi connectivity index (χ3n) is 5.35. The summed E-state index contributed by atoms with van der Waals surface area (Å²) in [6.45, 7) is 2.03. The van der Waals surface area contributed by atoms with Gasteiger partial charge in [-0.1, -0.05) is 25.1 Å². The predicted molar refractivity (Wildman–Crippen MR) is 93.3 cm³/mol. The number of pyridine rings is 1. The molecule has 7 nitrogen and oxygen atoms in total. The standard InChI is InChI=1S/C19H17N3O4/c1-2-19(25)15-12(9-26-18(19)24)17(23)22-8-11-7-10-5-3-4-6-13(10)20-14(11)16(22)21-15/h3-7,18,24-25H,2,8-9H2,1H3/t18?,19-/m0/s1. The van der Waals surface area contributed by atoms with Crippen LogP contribution in [0.3, 0.4) is 0 Å². The van der Waals surface area contributed by atoms with Gasteiger partial charge in [-0.3, -0.25) is 9.36 Å². The maximum Gasteiger partial charge on any atom is 0.260 e. The lowest BCUT2D eigenvalue weighted by atomic mass is 9.90. The second-order valence-corrected chi connectivity index (χ2v) is 6.78. The molecule has 2 aromatic heterocycles. The lowest BCUT2D eigenvalue weighted by molar-refractivity contribution is -0.238. The summed E-state index contributed by atoms with van der Waals surface area (Å²) in [6, 6.07) is 9.76. The number of aliphatic hydroxyl groups is 2. The van der Waals surface area contributed by atoms with Crippen molar-refractivity contribution >= 4 is 10.9 Å². The molecule has 26 heavy (non-hydrogen) atoms. The molecule has 0 saturated carbocycles. The Hall–Kier alpha value is -2.61. The van der Waals surface area contributed by atoms with E-state index in [0.717, 1.165) is 16.5 Å². The second-order valence-electron chi connectivity index (χ2n) is 6.78. The third kappa shape index (κ3) is 1.90. The Balaban J connectivity index is 1.80. The first kappa shape index (κ1) is 15.6. The van der Waals surface area contributed by atoms with Gasteiger partial charge in [-0.2, -0.15) is 0 Å². The maximum atomic E-state index is 13.0. The summed E-state index contributed by atoms with van der Waals surface area (Å²) in [6.07, 6.45) is -1.24. The van der Waals surface area contributed by atoms with Crippen LogP contribution < -0.4 is 5.56 Å². The first-order chi connectivity index (χ1) is 12.5. The Labute approximate surface area is 148 Å². The average molecular weight is 351 g/mol. The molecule has 0 amide bonds. The summed E-state index contributed by atoms with van der Waals surface area (Å²) in [4.78, 5) is 22.3. The molecular weight excluding hydrogens is 334 g/mol. The van der Waals surface area contributed by atoms with Crippen LogP contribution in [0, 0.1) is 0 Å². The van der Waals surface area contributed by atoms with Crippen LogP contribution in [0.15, 0.2) is 35.1 Å². The molecule has 0 spiro atoms. The summed E-state index contributed by atoms with van der Waals surface area (Å²) in [5.74, 6) is 0.426. The van der Waals surface area contributed by atoms with Gasteiger partial charge < -0.3 is 14.9 Å². The number of hydrogen-bond acceptors (Lipinski definition) is 6. The van der Waals surface area contributed by atoms with E-state index in [9.17, 15) is 15.0 Å². The van der Waals surface area contributed by atoms with Gasteiger partial charge in [0.05, 0.1) is 29.9 Å². The van der Waals surface area contributed by atoms with Crippen LogP contribution in [0.2, 0.25) is 0 Å². The number of rotatable bonds is 1. The quantitative estimate of drug-likeness (QED) is 0.536. The maximum absolute atomic E-state index is 13.0. The summed E-state index contributed by atoms with van der Waals surface area (Å²) < 4.78 is 6.79. The molecule has 1 unspecified atom stereocenters. The van der Waals surface area contributed by atoms with E-state index < -0.39 is 11.9 Å². The molecule has 5 rings (SSSR count). The summed E-state index contributed by atoms with van der Waals surface area (Å²) in [5.41, 5.74) is 0.896. The molecule has 4 heterocycles. The van der Waals surface area contributed by atoms with Crippen LogP contribution in [0.4, 0.5) is 0 Å². The van der Waals surface area contributed by atoms with Crippen molar-refractivity contribution < 1.29 is 14.9 Å². The van der Waals surface area contributed by atoms with Crippen LogP contribution in [-0.2, 0) is 23.5 Å². The molecule has 132 valence electrons. The van der Waals surface area contributed by atoms with E-state index in [0.29, 0.717) is 23.6 Å². The number of para-hydroxylation sites is 1. The van der Waals surface area contributed by atoms with Crippen LogP contribution in [0.1, 0.15) is 30.2 Å². The lowest BCUT2D eigenvalue weighted by Gasteiger charge is -2.36. The highest BCUT2D eigenvalue weighted by Gasteiger charge is 2.45. The fourth-order valence-corrected chi connectivity index (χ4v) is 3.81. The Morgan fingerprint density at radius 1 is 1.35 bits per heavy atom. The summed E-state index contributed by atoms with van der Waals surface area (Å²) in [5, 5.41) is 22.0. The Morgan fingerprint density at radius 2 is 2.15 bits per heavy atom. The minimum absolute atomic E-state index is 0.0727. The molecule has 1 aromatic carbocycles. The van der Waals surface area contributed by atoms with Gasteiger partial charge in [-0.25, -0.2) is 9.97 Å². The molecule has 0 aliphatic carbocycles. The number of aliphatic hydroxyl groups excluding tert-OH is 1. The van der Waals surface area contributed by atoms with Gasteiger partial charge in [0.1, 0.15) is 5.69 Å². The Bertz CT molecular complexity index is 1120. The number of aromatic nitrogens is 3. The predicted octanol–water partition coefficient (Wildman–Crippen LogP) is 1.27. The molecule has 0 radical (unpaired) electrons. The first-order valence-corrected chi connectivity index (χ1v) is 8.58. The monoisotopic (exact) mass is 351 g/mol. The zero-order valence-electron chi connectivity index (χ0n) is 14.1. The van der Waals surface area contributed by atoms with Gasteiger partial charge in [0.2, 0.25) is 0 Å². The van der Waals surface area contributed by atoms with Gasteiger partial charge in [0.15, 0.2) is 17.7 Å². The van der Waals surface area contributed by atoms with Crippen molar-refractivity contribution in [1.82, 2.24) is 14.5 Å². The van der Waals surface area contributed by atoms with Crippen molar-refractivity contribution in [2.24, 2.45) is 0 Å². The molecule has 2 N–H and O–H groups in total. The fraction of sp³-hybridized carbons (Fsp3) is 0.316. The highest BCUT2D eigenvalue weighted by molar-refractivity contribution is 5.83. The number of hydrogen-bond donors (Lipinski definition) is 2. The fourth-order valence-electron chi connectivity index (χ4n) is 3.81. The number of fused-ring (bicyclic) bond motifs is 5. The Kier molecular flexibility index (Phi) is 3.13. The number of nitrogens with zero attached hydrogens (tertiary/aromatic N) is 3. The minimum Gasteiger partial charge on any atom is -0.378 e. The van der Waals surface area contributed by atoms with Crippen LogP contribution >= 0.6 is 0 Å². The van der Waals surface area contributed by atoms with Crippen molar-refractivity contribution in [2.75, 3.05) is 0 Å². The number of benzene rings is 1. The van der Waals surface area contributed by atoms with E-state index in [4.69, 9.17) is 4.74 Å². The molecule has 2 atom stereocenters. The zero-order chi connectivity index (χ0) is 18.1. The molecule has 0 bridgehead atoms. The van der Waals surface area contributed by atoms with Gasteiger partial charge in [-0.05, 0) is 18.6 Å². The highest BCUT2D eigenvalue weighted by Crippen LogP contribution is 2.37. The van der Waals surface area contributed by atoms with Crippen molar-refractivity contribution in [3.63, 3.8) is 0 Å². The molecule has 2 aliphatic rings. The van der Waals surface area contributed by atoms with Crippen LogP contribution in [0.25, 0.3) is 22.4 Å². The smallest absolute Gasteiger partial charge is 0.260 e. The Morgan fingerprint density at radius 3 is 2.96 bits per heavy atom. The van der Waals surface area contributed by atoms with Gasteiger partial charge in [0.25, 0.3) is 5.56 Å². The van der Waals surface area contributed by atoms with Gasteiger partial charge in [0, 0.05) is 10.9 Å². The molecule has 3 aromatic rings. The van der Waals surface area contributed by atoms with Crippen molar-refractivity contribution in [1.29, 1.82) is 0 Å². The van der Waals surface area contributed by atoms with Crippen molar-refractivity contribution in [3.8, 4) is 11.5 Å². The van der Waals surface area contributed by atoms with Crippen LogP contribution in [-0.4, -0.2) is 31.0 Å². The average Bonchev–Trinajstić information content (AvgIpc) is 3.01. The molecule has 0 fully saturated rings. The highest BCUT2D eigenvalue weighted by atomic mass is 16.6. The SMILES string of the molecule is CC[C@]1(O)c2nc3n(c(=O)c2COC1O)Cc1cc2ccccc2nc1-3. The molecule has 0 saturated heterocycles. The lowest BCUT2D eigenvalue weighted by Crippen LogP contribution is -2.48. The van der Waals surface area contributed by atoms with Gasteiger partial charge >= 0.3 is 0 Å². The van der Waals surface area contributed by atoms with Crippen LogP contribution in [0.5, 0.6) is 0 Å². The third-order valence-corrected chi connectivity index (χ3v) is 5.35. The van der Waals surface area contributed by atoms with Crippen molar-refractivity contribution in [2.45, 2.75) is 38.4 Å². The number of ether oxygens (including phenoxy) is 1. The first-order valence-electron chi connectivity index (χ1n) is 8.58. The molecular formula is C19H17N3O4. The van der Waals surface area contributed by atoms with E-state index in [-0.39, 0.29) is 24.3 Å². The largest absolute Gasteiger partial charge is 0.378 e. The summed E-state index contributed by atoms with van der Waals surface area (Å²) in [7, 11) is 0. The zero-order valence-corrected chi connectivity index (χ0v) is 14.1. The second kappa shape index (κ2) is 5.20. The van der Waals surface area contributed by atoms with Gasteiger partial charge in [-0.15, -0.1) is 0 Å². The minimum atomic E-state index is -1.71. The summed E-state index contributed by atoms with van der Waals surface area (Å²) >= 11 is 0. The van der Waals surface area contributed by atoms with E-state index in [1.807, 2.05) is 30.3 Å². The van der Waals surface area contributed by atoms with E-state index in [2.05, 4.69) is 9.97 Å². The van der Waals surface area contributed by atoms with Crippen molar-refractivity contribution in [3.05, 3.63) is 57.5 Å². The molecule has 7 heteroatoms. The van der Waals surface area contributed by atoms with E-state index in [1.54, 1.807) is 11.5 Å². The normalized spacial score (nSPS) is 23.6. The molecule has 2 aliphatic heterocycles. The van der Waals surface area contributed by atoms with E-state index in [1.165, 1.54) is 0 Å². The topological polar surface area (TPSA) is 97.5 Å². The van der Waals surface area contributed by atoms with E-state index >= 15 is 0 Å².